The summed E-state index contributed by atoms with van der Waals surface area (Å²) in [5.41, 5.74) is 2.02. The summed E-state index contributed by atoms with van der Waals surface area (Å²) in [7, 11) is 0. The second-order valence-electron chi connectivity index (χ2n) is 3.51. The number of imidazole rings is 1. The highest BCUT2D eigenvalue weighted by Crippen LogP contribution is 2.34. The summed E-state index contributed by atoms with van der Waals surface area (Å²) >= 11 is 5.99. The van der Waals surface area contributed by atoms with Crippen molar-refractivity contribution in [3.05, 3.63) is 53.1 Å². The molecule has 2 aromatic rings. The zero-order valence-corrected chi connectivity index (χ0v) is 9.16. The summed E-state index contributed by atoms with van der Waals surface area (Å²) in [6, 6.07) is 5.60. The van der Waals surface area contributed by atoms with E-state index in [2.05, 4.69) is 9.97 Å². The minimum absolute atomic E-state index is 0.560. The zero-order valence-electron chi connectivity index (χ0n) is 8.40. The molecule has 3 nitrogen and oxygen atoms in total. The second-order valence-corrected chi connectivity index (χ2v) is 3.94. The van der Waals surface area contributed by atoms with E-state index < -0.39 is 0 Å². The van der Waals surface area contributed by atoms with E-state index in [1.165, 1.54) is 0 Å². The number of fused-ring (bicyclic) bond motifs is 1. The predicted molar refractivity (Wildman–Crippen MR) is 62.6 cm³/mol. The summed E-state index contributed by atoms with van der Waals surface area (Å²) in [6.45, 7) is 0.560. The third-order valence-corrected chi connectivity index (χ3v) is 2.75. The molecular weight excluding hydrogens is 224 g/mol. The van der Waals surface area contributed by atoms with Crippen LogP contribution in [0, 0.1) is 0 Å². The van der Waals surface area contributed by atoms with Crippen molar-refractivity contribution in [2.45, 2.75) is 0 Å². The van der Waals surface area contributed by atoms with Crippen molar-refractivity contribution in [3.63, 3.8) is 0 Å². The van der Waals surface area contributed by atoms with Gasteiger partial charge >= 0.3 is 0 Å². The molecule has 1 N–H and O–H groups in total. The third kappa shape index (κ3) is 1.49. The van der Waals surface area contributed by atoms with Gasteiger partial charge < -0.3 is 9.72 Å². The van der Waals surface area contributed by atoms with Gasteiger partial charge in [-0.1, -0.05) is 11.6 Å². The maximum Gasteiger partial charge on any atom is 0.137 e. The highest BCUT2D eigenvalue weighted by atomic mass is 35.5. The van der Waals surface area contributed by atoms with Crippen LogP contribution >= 0.6 is 11.6 Å². The monoisotopic (exact) mass is 232 g/mol. The highest BCUT2D eigenvalue weighted by molar-refractivity contribution is 6.30. The highest BCUT2D eigenvalue weighted by Gasteiger charge is 2.16. The van der Waals surface area contributed by atoms with Crippen molar-refractivity contribution in [3.8, 4) is 5.75 Å². The fraction of sp³-hybridized carbons (Fsp3) is 0.0833. The third-order valence-electron chi connectivity index (χ3n) is 2.51. The van der Waals surface area contributed by atoms with Crippen molar-refractivity contribution in [1.82, 2.24) is 9.97 Å². The van der Waals surface area contributed by atoms with Crippen LogP contribution in [0.2, 0.25) is 5.02 Å². The van der Waals surface area contributed by atoms with Crippen molar-refractivity contribution in [2.24, 2.45) is 0 Å². The van der Waals surface area contributed by atoms with E-state index in [-0.39, 0.29) is 0 Å². The molecule has 0 saturated heterocycles. The Morgan fingerprint density at radius 1 is 1.38 bits per heavy atom. The molecule has 0 saturated carbocycles. The van der Waals surface area contributed by atoms with Gasteiger partial charge in [0.05, 0.1) is 0 Å². The van der Waals surface area contributed by atoms with Gasteiger partial charge in [-0.25, -0.2) is 4.98 Å². The van der Waals surface area contributed by atoms with Crippen LogP contribution in [0.3, 0.4) is 0 Å². The van der Waals surface area contributed by atoms with Crippen LogP contribution in [0.5, 0.6) is 5.75 Å². The van der Waals surface area contributed by atoms with Gasteiger partial charge in [-0.15, -0.1) is 0 Å². The molecule has 0 unspecified atom stereocenters. The maximum absolute atomic E-state index is 5.99. The number of ether oxygens (including phenoxy) is 1. The molecule has 0 aliphatic carbocycles. The first-order valence-electron chi connectivity index (χ1n) is 4.97. The fourth-order valence-corrected chi connectivity index (χ4v) is 1.97. The Morgan fingerprint density at radius 3 is 3.12 bits per heavy atom. The number of nitrogens with one attached hydrogen (secondary N) is 1. The topological polar surface area (TPSA) is 37.9 Å². The molecule has 0 bridgehead atoms. The summed E-state index contributed by atoms with van der Waals surface area (Å²) < 4.78 is 5.53. The molecule has 0 atom stereocenters. The van der Waals surface area contributed by atoms with Crippen LogP contribution < -0.4 is 4.74 Å². The molecule has 0 spiro atoms. The van der Waals surface area contributed by atoms with E-state index in [0.717, 1.165) is 22.7 Å². The molecule has 0 radical (unpaired) electrons. The Labute approximate surface area is 97.7 Å². The van der Waals surface area contributed by atoms with Crippen LogP contribution in [-0.4, -0.2) is 16.6 Å². The molecule has 80 valence electrons. The molecule has 16 heavy (non-hydrogen) atoms. The minimum atomic E-state index is 0.560. The molecule has 4 heteroatoms. The van der Waals surface area contributed by atoms with Crippen LogP contribution in [-0.2, 0) is 0 Å². The van der Waals surface area contributed by atoms with Gasteiger partial charge in [-0.2, -0.15) is 0 Å². The van der Waals surface area contributed by atoms with Gasteiger partial charge in [0, 0.05) is 28.6 Å². The molecule has 1 aromatic carbocycles. The lowest BCUT2D eigenvalue weighted by molar-refractivity contribution is 0.357. The van der Waals surface area contributed by atoms with Gasteiger partial charge in [-0.3, -0.25) is 0 Å². The normalized spacial score (nSPS) is 13.9. The Bertz CT molecular complexity index is 546. The van der Waals surface area contributed by atoms with E-state index in [1.807, 2.05) is 24.3 Å². The van der Waals surface area contributed by atoms with E-state index >= 15 is 0 Å². The quantitative estimate of drug-likeness (QED) is 0.821. The molecule has 1 aromatic heterocycles. The van der Waals surface area contributed by atoms with Gasteiger partial charge in [-0.05, 0) is 24.3 Å². The van der Waals surface area contributed by atoms with Gasteiger partial charge in [0.15, 0.2) is 0 Å². The molecule has 2 heterocycles. The number of halogens is 1. The lowest BCUT2D eigenvalue weighted by Crippen LogP contribution is -2.06. The van der Waals surface area contributed by atoms with E-state index in [9.17, 15) is 0 Å². The van der Waals surface area contributed by atoms with E-state index in [4.69, 9.17) is 16.3 Å². The number of nitrogens with zero attached hydrogens (tertiary/aromatic N) is 1. The average molecular weight is 233 g/mol. The van der Waals surface area contributed by atoms with Crippen molar-refractivity contribution in [1.29, 1.82) is 0 Å². The molecule has 0 fully saturated rings. The Hall–Kier alpha value is -1.74. The number of rotatable bonds is 1. The number of benzene rings is 1. The lowest BCUT2D eigenvalue weighted by Gasteiger charge is -2.17. The van der Waals surface area contributed by atoms with Crippen LogP contribution in [0.1, 0.15) is 11.4 Å². The Balaban J connectivity index is 2.16. The first kappa shape index (κ1) is 9.48. The lowest BCUT2D eigenvalue weighted by atomic mass is 10.0. The minimum Gasteiger partial charge on any atom is -0.489 e. The number of hydrogen-bond donors (Lipinski definition) is 1. The summed E-state index contributed by atoms with van der Waals surface area (Å²) in [4.78, 5) is 7.34. The number of H-pyrrole nitrogens is 1. The second kappa shape index (κ2) is 3.68. The van der Waals surface area contributed by atoms with Crippen molar-refractivity contribution < 1.29 is 4.74 Å². The molecule has 1 aliphatic heterocycles. The molecule has 1 aliphatic rings. The standard InChI is InChI=1S/C12H9ClN2O/c13-8-1-2-11-10(7-8)9(3-6-16-11)12-14-4-5-15-12/h1-5,7H,6H2,(H,14,15). The SMILES string of the molecule is Clc1ccc2c(c1)C(c1ncc[nH]1)=CCO2. The van der Waals surface area contributed by atoms with Crippen LogP contribution in [0.15, 0.2) is 36.7 Å². The van der Waals surface area contributed by atoms with Crippen LogP contribution in [0.25, 0.3) is 5.57 Å². The largest absolute Gasteiger partial charge is 0.489 e. The number of hydrogen-bond acceptors (Lipinski definition) is 2. The van der Waals surface area contributed by atoms with Gasteiger partial charge in [0.25, 0.3) is 0 Å². The Kier molecular flexibility index (Phi) is 2.18. The maximum atomic E-state index is 5.99. The van der Waals surface area contributed by atoms with Crippen LogP contribution in [0.4, 0.5) is 0 Å². The fourth-order valence-electron chi connectivity index (χ4n) is 1.80. The zero-order chi connectivity index (χ0) is 11.0. The molecule has 3 rings (SSSR count). The summed E-state index contributed by atoms with van der Waals surface area (Å²) in [6.07, 6.45) is 5.53. The first-order chi connectivity index (χ1) is 7.84. The van der Waals surface area contributed by atoms with Crippen molar-refractivity contribution >= 4 is 17.2 Å². The summed E-state index contributed by atoms with van der Waals surface area (Å²) in [5.74, 6) is 1.69. The van der Waals surface area contributed by atoms with Gasteiger partial charge in [0.1, 0.15) is 18.2 Å². The van der Waals surface area contributed by atoms with Crippen molar-refractivity contribution in [2.75, 3.05) is 6.61 Å². The average Bonchev–Trinajstić information content (AvgIpc) is 2.81. The Morgan fingerprint density at radius 2 is 2.31 bits per heavy atom. The van der Waals surface area contributed by atoms with Gasteiger partial charge in [0.2, 0.25) is 0 Å². The summed E-state index contributed by atoms with van der Waals surface area (Å²) in [5, 5.41) is 0.696. The van der Waals surface area contributed by atoms with E-state index in [0.29, 0.717) is 11.6 Å². The molecular formula is C12H9ClN2O. The van der Waals surface area contributed by atoms with E-state index in [1.54, 1.807) is 12.4 Å². The first-order valence-corrected chi connectivity index (χ1v) is 5.35. The smallest absolute Gasteiger partial charge is 0.137 e. The number of aromatic amines is 1. The number of aromatic nitrogens is 2. The predicted octanol–water partition coefficient (Wildman–Crippen LogP) is 2.89. The molecule has 0 amide bonds.